The molecule has 35 heavy (non-hydrogen) atoms. The van der Waals surface area contributed by atoms with E-state index in [1.54, 1.807) is 11.7 Å². The third-order valence-corrected chi connectivity index (χ3v) is 6.37. The van der Waals surface area contributed by atoms with E-state index in [2.05, 4.69) is 36.5 Å². The molecule has 0 unspecified atom stereocenters. The van der Waals surface area contributed by atoms with Gasteiger partial charge < -0.3 is 10.1 Å². The van der Waals surface area contributed by atoms with Gasteiger partial charge in [-0.3, -0.25) is 14.2 Å². The summed E-state index contributed by atoms with van der Waals surface area (Å²) < 4.78 is 6.95. The van der Waals surface area contributed by atoms with Crippen LogP contribution in [0.2, 0.25) is 0 Å². The van der Waals surface area contributed by atoms with Crippen LogP contribution in [0.5, 0.6) is 5.75 Å². The van der Waals surface area contributed by atoms with Crippen LogP contribution < -0.4 is 15.6 Å². The number of carbonyl (C=O) groups excluding carboxylic acids is 1. The Kier molecular flexibility index (Phi) is 7.99. The van der Waals surface area contributed by atoms with Crippen LogP contribution in [0.25, 0.3) is 10.9 Å². The number of methoxy groups -OCH3 is 1. The number of hydrogen-bond donors (Lipinski definition) is 1. The first kappa shape index (κ1) is 24.3. The molecule has 1 heterocycles. The Hall–Kier alpha value is -3.86. The molecule has 5 heteroatoms. The number of amides is 1. The smallest absolute Gasteiger partial charge is 0.254 e. The van der Waals surface area contributed by atoms with E-state index in [1.807, 2.05) is 54.6 Å². The van der Waals surface area contributed by atoms with Gasteiger partial charge in [-0.2, -0.15) is 0 Å². The topological polar surface area (TPSA) is 60.3 Å². The molecule has 5 nitrogen and oxygen atoms in total. The molecule has 0 aliphatic heterocycles. The Morgan fingerprint density at radius 2 is 1.57 bits per heavy atom. The van der Waals surface area contributed by atoms with Gasteiger partial charge in [0.15, 0.2) is 0 Å². The van der Waals surface area contributed by atoms with Crippen molar-refractivity contribution in [1.82, 2.24) is 9.88 Å². The fourth-order valence-corrected chi connectivity index (χ4v) is 4.29. The Bertz CT molecular complexity index is 1340. The number of benzene rings is 3. The number of pyridine rings is 1. The molecule has 0 aliphatic carbocycles. The van der Waals surface area contributed by atoms with Gasteiger partial charge in [0.1, 0.15) is 12.3 Å². The molecule has 0 bridgehead atoms. The SMILES string of the molecule is CCc1ccc(CCc2cc3ccc(OC)cc3n(CC(=O)NCCc3ccccc3)c2=O)cc1. The molecule has 0 spiro atoms. The van der Waals surface area contributed by atoms with Gasteiger partial charge in [-0.25, -0.2) is 0 Å². The van der Waals surface area contributed by atoms with Crippen LogP contribution in [0.15, 0.2) is 83.7 Å². The lowest BCUT2D eigenvalue weighted by molar-refractivity contribution is -0.121. The first-order chi connectivity index (χ1) is 17.1. The molecular formula is C30H32N2O3. The minimum Gasteiger partial charge on any atom is -0.497 e. The molecule has 0 radical (unpaired) electrons. The molecule has 1 N–H and O–H groups in total. The number of hydrogen-bond acceptors (Lipinski definition) is 3. The predicted molar refractivity (Wildman–Crippen MR) is 141 cm³/mol. The van der Waals surface area contributed by atoms with Crippen molar-refractivity contribution in [3.05, 3.63) is 111 Å². The fraction of sp³-hybridized carbons (Fsp3) is 0.267. The van der Waals surface area contributed by atoms with E-state index in [4.69, 9.17) is 4.74 Å². The van der Waals surface area contributed by atoms with E-state index >= 15 is 0 Å². The first-order valence-corrected chi connectivity index (χ1v) is 12.2. The third-order valence-electron chi connectivity index (χ3n) is 6.37. The van der Waals surface area contributed by atoms with Crippen molar-refractivity contribution in [3.63, 3.8) is 0 Å². The molecule has 0 saturated carbocycles. The zero-order chi connectivity index (χ0) is 24.6. The van der Waals surface area contributed by atoms with Crippen molar-refractivity contribution in [2.75, 3.05) is 13.7 Å². The van der Waals surface area contributed by atoms with Gasteiger partial charge in [-0.15, -0.1) is 0 Å². The first-order valence-electron chi connectivity index (χ1n) is 12.2. The Labute approximate surface area is 206 Å². The number of aryl methyl sites for hydroxylation is 3. The van der Waals surface area contributed by atoms with E-state index in [1.165, 1.54) is 11.1 Å². The number of aromatic nitrogens is 1. The standard InChI is InChI=1S/C30H32N2O3/c1-3-22-9-11-24(12-10-22)13-14-26-19-25-15-16-27(35-2)20-28(25)32(30(26)34)21-29(33)31-18-17-23-7-5-4-6-8-23/h4-12,15-16,19-20H,3,13-14,17-18,21H2,1-2H3,(H,31,33). The summed E-state index contributed by atoms with van der Waals surface area (Å²) in [5.74, 6) is 0.471. The van der Waals surface area contributed by atoms with Crippen LogP contribution in [-0.2, 0) is 37.0 Å². The summed E-state index contributed by atoms with van der Waals surface area (Å²) in [6.07, 6.45) is 3.13. The minimum atomic E-state index is -0.181. The molecule has 1 aromatic heterocycles. The van der Waals surface area contributed by atoms with Gasteiger partial charge in [0, 0.05) is 18.2 Å². The highest BCUT2D eigenvalue weighted by molar-refractivity contribution is 5.84. The highest BCUT2D eigenvalue weighted by Gasteiger charge is 2.14. The third kappa shape index (κ3) is 6.18. The number of ether oxygens (including phenoxy) is 1. The quantitative estimate of drug-likeness (QED) is 0.367. The molecule has 4 aromatic rings. The minimum absolute atomic E-state index is 0.0314. The second-order valence-electron chi connectivity index (χ2n) is 8.74. The average Bonchev–Trinajstić information content (AvgIpc) is 2.90. The predicted octanol–water partition coefficient (Wildman–Crippen LogP) is 4.72. The lowest BCUT2D eigenvalue weighted by atomic mass is 10.0. The van der Waals surface area contributed by atoms with E-state index in [0.717, 1.165) is 30.2 Å². The molecule has 4 rings (SSSR count). The molecule has 0 saturated heterocycles. The maximum atomic E-state index is 13.5. The molecule has 0 aliphatic rings. The monoisotopic (exact) mass is 468 g/mol. The summed E-state index contributed by atoms with van der Waals surface area (Å²) in [5.41, 5.74) is 4.93. The van der Waals surface area contributed by atoms with E-state index < -0.39 is 0 Å². The summed E-state index contributed by atoms with van der Waals surface area (Å²) in [6.45, 7) is 2.63. The van der Waals surface area contributed by atoms with Crippen molar-refractivity contribution < 1.29 is 9.53 Å². The van der Waals surface area contributed by atoms with E-state index in [-0.39, 0.29) is 18.0 Å². The number of carbonyl (C=O) groups is 1. The summed E-state index contributed by atoms with van der Waals surface area (Å²) in [6, 6.07) is 26.1. The molecule has 180 valence electrons. The Morgan fingerprint density at radius 1 is 0.857 bits per heavy atom. The highest BCUT2D eigenvalue weighted by Crippen LogP contribution is 2.21. The van der Waals surface area contributed by atoms with Gasteiger partial charge in [0.2, 0.25) is 5.91 Å². The van der Waals surface area contributed by atoms with Crippen LogP contribution in [-0.4, -0.2) is 24.1 Å². The number of rotatable bonds is 10. The van der Waals surface area contributed by atoms with Crippen LogP contribution in [0.1, 0.15) is 29.2 Å². The van der Waals surface area contributed by atoms with Crippen LogP contribution in [0.3, 0.4) is 0 Å². The number of fused-ring (bicyclic) bond motifs is 1. The van der Waals surface area contributed by atoms with Crippen molar-refractivity contribution in [2.45, 2.75) is 39.2 Å². The van der Waals surface area contributed by atoms with Crippen molar-refractivity contribution in [2.24, 2.45) is 0 Å². The molecule has 0 atom stereocenters. The lowest BCUT2D eigenvalue weighted by Gasteiger charge is -2.14. The Balaban J connectivity index is 1.55. The largest absolute Gasteiger partial charge is 0.497 e. The molecule has 0 fully saturated rings. The van der Waals surface area contributed by atoms with Crippen molar-refractivity contribution in [3.8, 4) is 5.75 Å². The summed E-state index contributed by atoms with van der Waals surface area (Å²) >= 11 is 0. The Morgan fingerprint density at radius 3 is 2.29 bits per heavy atom. The molecule has 3 aromatic carbocycles. The lowest BCUT2D eigenvalue weighted by Crippen LogP contribution is -2.34. The average molecular weight is 469 g/mol. The van der Waals surface area contributed by atoms with Gasteiger partial charge in [-0.05, 0) is 66.0 Å². The van der Waals surface area contributed by atoms with Gasteiger partial charge in [0.25, 0.3) is 5.56 Å². The van der Waals surface area contributed by atoms with E-state index in [0.29, 0.717) is 29.8 Å². The zero-order valence-electron chi connectivity index (χ0n) is 20.4. The molecular weight excluding hydrogens is 436 g/mol. The summed E-state index contributed by atoms with van der Waals surface area (Å²) in [4.78, 5) is 26.3. The summed E-state index contributed by atoms with van der Waals surface area (Å²) in [5, 5.41) is 3.87. The zero-order valence-corrected chi connectivity index (χ0v) is 20.4. The van der Waals surface area contributed by atoms with Crippen molar-refractivity contribution >= 4 is 16.8 Å². The summed E-state index contributed by atoms with van der Waals surface area (Å²) in [7, 11) is 1.60. The van der Waals surface area contributed by atoms with Crippen molar-refractivity contribution in [1.29, 1.82) is 0 Å². The van der Waals surface area contributed by atoms with Gasteiger partial charge >= 0.3 is 0 Å². The van der Waals surface area contributed by atoms with Crippen LogP contribution in [0, 0.1) is 0 Å². The highest BCUT2D eigenvalue weighted by atomic mass is 16.5. The van der Waals surface area contributed by atoms with E-state index in [9.17, 15) is 9.59 Å². The maximum Gasteiger partial charge on any atom is 0.254 e. The second-order valence-corrected chi connectivity index (χ2v) is 8.74. The van der Waals surface area contributed by atoms with Gasteiger partial charge in [0.05, 0.1) is 12.6 Å². The van der Waals surface area contributed by atoms with Crippen LogP contribution >= 0.6 is 0 Å². The van der Waals surface area contributed by atoms with Gasteiger partial charge in [-0.1, -0.05) is 61.5 Å². The number of nitrogens with one attached hydrogen (secondary N) is 1. The van der Waals surface area contributed by atoms with Crippen LogP contribution in [0.4, 0.5) is 0 Å². The maximum absolute atomic E-state index is 13.5. The number of nitrogens with zero attached hydrogens (tertiary/aromatic N) is 1. The normalized spacial score (nSPS) is 10.9. The molecule has 1 amide bonds. The fourth-order valence-electron chi connectivity index (χ4n) is 4.29. The second kappa shape index (κ2) is 11.5.